The van der Waals surface area contributed by atoms with Gasteiger partial charge in [-0.1, -0.05) is 35.7 Å². The lowest BCUT2D eigenvalue weighted by atomic mass is 10.2. The van der Waals surface area contributed by atoms with Gasteiger partial charge < -0.3 is 10.6 Å². The number of hydrogen-bond acceptors (Lipinski definition) is 3. The summed E-state index contributed by atoms with van der Waals surface area (Å²) in [4.78, 5) is 16.5. The van der Waals surface area contributed by atoms with E-state index >= 15 is 0 Å². The zero-order valence-electron chi connectivity index (χ0n) is 13.5. The minimum atomic E-state index is -0.156. The second-order valence-electron chi connectivity index (χ2n) is 5.51. The summed E-state index contributed by atoms with van der Waals surface area (Å²) in [7, 11) is 0. The van der Waals surface area contributed by atoms with Crippen LogP contribution in [0.15, 0.2) is 41.1 Å². The van der Waals surface area contributed by atoms with Gasteiger partial charge in [0.05, 0.1) is 11.3 Å². The van der Waals surface area contributed by atoms with Gasteiger partial charge in [-0.15, -0.1) is 0 Å². The van der Waals surface area contributed by atoms with E-state index in [0.29, 0.717) is 5.56 Å². The number of unbranched alkanes of at least 4 members (excludes halogenated alkanes) is 2. The molecular weight excluding hydrogens is 354 g/mol. The van der Waals surface area contributed by atoms with Crippen molar-refractivity contribution in [3.05, 3.63) is 52.3 Å². The van der Waals surface area contributed by atoms with Crippen LogP contribution in [0.25, 0.3) is 0 Å². The van der Waals surface area contributed by atoms with Crippen LogP contribution in [0.1, 0.15) is 42.1 Å². The standard InChI is InChI=1S/C18H22BrN3O/c1-3-4-5-8-21-16-10-14(11-20-12-16)18(23)22-15-6-7-17(19)13(2)9-15/h6-7,9-12,21H,3-5,8H2,1-2H3,(H,22,23). The lowest BCUT2D eigenvalue weighted by Crippen LogP contribution is -2.13. The molecule has 0 saturated carbocycles. The molecule has 122 valence electrons. The van der Waals surface area contributed by atoms with E-state index in [4.69, 9.17) is 0 Å². The number of rotatable bonds is 7. The summed E-state index contributed by atoms with van der Waals surface area (Å²) in [5.74, 6) is -0.156. The quantitative estimate of drug-likeness (QED) is 0.668. The number of aromatic nitrogens is 1. The molecule has 5 heteroatoms. The Kier molecular flexibility index (Phi) is 6.59. The first-order valence-corrected chi connectivity index (χ1v) is 8.66. The Morgan fingerprint density at radius 2 is 2.00 bits per heavy atom. The van der Waals surface area contributed by atoms with Gasteiger partial charge in [0, 0.05) is 29.1 Å². The zero-order valence-corrected chi connectivity index (χ0v) is 15.1. The van der Waals surface area contributed by atoms with Crippen molar-refractivity contribution < 1.29 is 4.79 Å². The van der Waals surface area contributed by atoms with Gasteiger partial charge in [0.15, 0.2) is 0 Å². The number of halogens is 1. The van der Waals surface area contributed by atoms with Crippen molar-refractivity contribution >= 4 is 33.2 Å². The molecule has 1 amide bonds. The van der Waals surface area contributed by atoms with E-state index in [1.54, 1.807) is 12.4 Å². The molecule has 1 aromatic heterocycles. The minimum absolute atomic E-state index is 0.156. The lowest BCUT2D eigenvalue weighted by molar-refractivity contribution is 0.102. The molecule has 0 saturated heterocycles. The highest BCUT2D eigenvalue weighted by molar-refractivity contribution is 9.10. The topological polar surface area (TPSA) is 54.0 Å². The number of benzene rings is 1. The predicted molar refractivity (Wildman–Crippen MR) is 99.1 cm³/mol. The number of nitrogens with zero attached hydrogens (tertiary/aromatic N) is 1. The molecular formula is C18H22BrN3O. The highest BCUT2D eigenvalue weighted by Crippen LogP contribution is 2.20. The van der Waals surface area contributed by atoms with Crippen LogP contribution >= 0.6 is 15.9 Å². The molecule has 0 atom stereocenters. The average Bonchev–Trinajstić information content (AvgIpc) is 2.55. The summed E-state index contributed by atoms with van der Waals surface area (Å²) in [5, 5.41) is 6.21. The third-order valence-electron chi connectivity index (χ3n) is 3.53. The molecule has 2 aromatic rings. The molecule has 2 rings (SSSR count). The molecule has 0 bridgehead atoms. The van der Waals surface area contributed by atoms with Crippen molar-refractivity contribution in [2.45, 2.75) is 33.1 Å². The predicted octanol–water partition coefficient (Wildman–Crippen LogP) is 5.01. The van der Waals surface area contributed by atoms with E-state index in [1.165, 1.54) is 12.8 Å². The van der Waals surface area contributed by atoms with Gasteiger partial charge in [-0.2, -0.15) is 0 Å². The Hall–Kier alpha value is -1.88. The molecule has 2 N–H and O–H groups in total. The molecule has 1 aromatic carbocycles. The van der Waals surface area contributed by atoms with Crippen LogP contribution in [0.2, 0.25) is 0 Å². The number of hydrogen-bond donors (Lipinski definition) is 2. The first-order chi connectivity index (χ1) is 11.1. The number of nitrogens with one attached hydrogen (secondary N) is 2. The van der Waals surface area contributed by atoms with E-state index < -0.39 is 0 Å². The zero-order chi connectivity index (χ0) is 16.7. The van der Waals surface area contributed by atoms with Gasteiger partial charge >= 0.3 is 0 Å². The van der Waals surface area contributed by atoms with Crippen LogP contribution < -0.4 is 10.6 Å². The molecule has 1 heterocycles. The highest BCUT2D eigenvalue weighted by Gasteiger charge is 2.08. The molecule has 0 aliphatic rings. The molecule has 4 nitrogen and oxygen atoms in total. The van der Waals surface area contributed by atoms with E-state index in [9.17, 15) is 4.79 Å². The maximum atomic E-state index is 12.3. The maximum absolute atomic E-state index is 12.3. The Labute approximate surface area is 145 Å². The van der Waals surface area contributed by atoms with Crippen LogP contribution in [0.4, 0.5) is 11.4 Å². The van der Waals surface area contributed by atoms with Crippen LogP contribution in [0.3, 0.4) is 0 Å². The maximum Gasteiger partial charge on any atom is 0.257 e. The van der Waals surface area contributed by atoms with Gasteiger partial charge in [0.2, 0.25) is 0 Å². The van der Waals surface area contributed by atoms with Gasteiger partial charge in [0.25, 0.3) is 5.91 Å². The first-order valence-electron chi connectivity index (χ1n) is 7.86. The Balaban J connectivity index is 2.00. The molecule has 0 radical (unpaired) electrons. The number of aryl methyl sites for hydroxylation is 1. The SMILES string of the molecule is CCCCCNc1cncc(C(=O)Nc2ccc(Br)c(C)c2)c1. The molecule has 0 fully saturated rings. The summed E-state index contributed by atoms with van der Waals surface area (Å²) in [6.07, 6.45) is 6.83. The number of carbonyl (C=O) groups excluding carboxylic acids is 1. The van der Waals surface area contributed by atoms with E-state index in [1.807, 2.05) is 31.2 Å². The smallest absolute Gasteiger partial charge is 0.257 e. The summed E-state index contributed by atoms with van der Waals surface area (Å²) in [5.41, 5.74) is 3.27. The number of amides is 1. The Bertz CT molecular complexity index is 673. The Morgan fingerprint density at radius 1 is 1.17 bits per heavy atom. The summed E-state index contributed by atoms with van der Waals surface area (Å²) >= 11 is 3.45. The number of carbonyl (C=O) groups is 1. The van der Waals surface area contributed by atoms with Crippen molar-refractivity contribution in [1.29, 1.82) is 0 Å². The second-order valence-corrected chi connectivity index (χ2v) is 6.37. The van der Waals surface area contributed by atoms with Crippen LogP contribution in [0.5, 0.6) is 0 Å². The molecule has 0 spiro atoms. The van der Waals surface area contributed by atoms with Gasteiger partial charge in [-0.05, 0) is 43.2 Å². The second kappa shape index (κ2) is 8.67. The van der Waals surface area contributed by atoms with Gasteiger partial charge in [-0.25, -0.2) is 0 Å². The molecule has 0 aliphatic carbocycles. The first kappa shape index (κ1) is 17.5. The summed E-state index contributed by atoms with van der Waals surface area (Å²) in [6, 6.07) is 7.56. The van der Waals surface area contributed by atoms with E-state index in [2.05, 4.69) is 38.5 Å². The van der Waals surface area contributed by atoms with Gasteiger partial charge in [0.1, 0.15) is 0 Å². The molecule has 0 unspecified atom stereocenters. The van der Waals surface area contributed by atoms with Gasteiger partial charge in [-0.3, -0.25) is 9.78 Å². The molecule has 23 heavy (non-hydrogen) atoms. The van der Waals surface area contributed by atoms with Crippen LogP contribution in [-0.4, -0.2) is 17.4 Å². The number of anilines is 2. The Morgan fingerprint density at radius 3 is 2.74 bits per heavy atom. The van der Waals surface area contributed by atoms with Crippen molar-refractivity contribution in [1.82, 2.24) is 4.98 Å². The fourth-order valence-corrected chi connectivity index (χ4v) is 2.44. The third-order valence-corrected chi connectivity index (χ3v) is 4.42. The van der Waals surface area contributed by atoms with E-state index in [0.717, 1.165) is 34.4 Å². The number of pyridine rings is 1. The van der Waals surface area contributed by atoms with Crippen molar-refractivity contribution in [2.24, 2.45) is 0 Å². The average molecular weight is 376 g/mol. The normalized spacial score (nSPS) is 10.4. The summed E-state index contributed by atoms with van der Waals surface area (Å²) in [6.45, 7) is 5.06. The van der Waals surface area contributed by atoms with Crippen LogP contribution in [0, 0.1) is 6.92 Å². The third kappa shape index (κ3) is 5.36. The van der Waals surface area contributed by atoms with Crippen LogP contribution in [-0.2, 0) is 0 Å². The lowest BCUT2D eigenvalue weighted by Gasteiger charge is -2.09. The van der Waals surface area contributed by atoms with Crippen molar-refractivity contribution in [2.75, 3.05) is 17.2 Å². The van der Waals surface area contributed by atoms with Crippen molar-refractivity contribution in [3.8, 4) is 0 Å². The minimum Gasteiger partial charge on any atom is -0.384 e. The summed E-state index contributed by atoms with van der Waals surface area (Å²) < 4.78 is 1.02. The van der Waals surface area contributed by atoms with E-state index in [-0.39, 0.29) is 5.91 Å². The largest absolute Gasteiger partial charge is 0.384 e. The molecule has 0 aliphatic heterocycles. The fourth-order valence-electron chi connectivity index (χ4n) is 2.19. The monoisotopic (exact) mass is 375 g/mol. The highest BCUT2D eigenvalue weighted by atomic mass is 79.9. The fraction of sp³-hybridized carbons (Fsp3) is 0.333. The van der Waals surface area contributed by atoms with Crippen molar-refractivity contribution in [3.63, 3.8) is 0 Å².